The van der Waals surface area contributed by atoms with Gasteiger partial charge in [-0.05, 0) is 63.0 Å². The second kappa shape index (κ2) is 8.70. The summed E-state index contributed by atoms with van der Waals surface area (Å²) < 4.78 is 10.8. The summed E-state index contributed by atoms with van der Waals surface area (Å²) in [5.41, 5.74) is 1.71. The summed E-state index contributed by atoms with van der Waals surface area (Å²) in [5.74, 6) is 0.620. The van der Waals surface area contributed by atoms with Crippen LogP contribution >= 0.6 is 11.8 Å². The van der Waals surface area contributed by atoms with E-state index in [0.717, 1.165) is 41.7 Å². The van der Waals surface area contributed by atoms with E-state index in [1.54, 1.807) is 18.0 Å². The fourth-order valence-corrected chi connectivity index (χ4v) is 5.76. The van der Waals surface area contributed by atoms with E-state index in [0.29, 0.717) is 24.1 Å². The Balaban J connectivity index is 1.23. The molecule has 0 radical (unpaired) electrons. The molecule has 160 valence electrons. The van der Waals surface area contributed by atoms with Crippen LogP contribution in [0.4, 0.5) is 0 Å². The normalized spacial score (nSPS) is 30.9. The van der Waals surface area contributed by atoms with Crippen LogP contribution in [0.25, 0.3) is 0 Å². The van der Waals surface area contributed by atoms with Gasteiger partial charge in [0.2, 0.25) is 0 Å². The minimum atomic E-state index is 0.0165. The minimum absolute atomic E-state index is 0.0165. The molecular formula is C22H28N4O3S. The molecule has 4 aliphatic heterocycles. The number of benzene rings is 1. The molecular weight excluding hydrogens is 400 g/mol. The lowest BCUT2D eigenvalue weighted by Crippen LogP contribution is -2.62. The van der Waals surface area contributed by atoms with Gasteiger partial charge >= 0.3 is 0 Å². The number of carbonyl (C=O) groups excluding carboxylic acids is 1. The highest BCUT2D eigenvalue weighted by Crippen LogP contribution is 2.34. The van der Waals surface area contributed by atoms with Crippen molar-refractivity contribution in [1.29, 1.82) is 0 Å². The molecule has 1 aromatic carbocycles. The van der Waals surface area contributed by atoms with E-state index < -0.39 is 0 Å². The molecule has 4 saturated heterocycles. The molecule has 0 aliphatic carbocycles. The van der Waals surface area contributed by atoms with Gasteiger partial charge in [-0.3, -0.25) is 9.69 Å². The number of nitrogens with zero attached hydrogens (tertiary/aromatic N) is 2. The SMILES string of the molecule is C[C@H]1[C@H](NC(=O)c2ccc(Sc3nocc3C3COCCN3)cc2)C2CCN1CC2. The fourth-order valence-electron chi connectivity index (χ4n) is 4.87. The van der Waals surface area contributed by atoms with E-state index in [1.165, 1.54) is 12.8 Å². The first-order valence-corrected chi connectivity index (χ1v) is 11.6. The number of aromatic nitrogens is 1. The number of hydrogen-bond acceptors (Lipinski definition) is 7. The number of hydrogen-bond donors (Lipinski definition) is 2. The van der Waals surface area contributed by atoms with Crippen LogP contribution in [-0.2, 0) is 4.74 Å². The van der Waals surface area contributed by atoms with Gasteiger partial charge in [0.15, 0.2) is 0 Å². The van der Waals surface area contributed by atoms with Gasteiger partial charge in [0.25, 0.3) is 5.91 Å². The summed E-state index contributed by atoms with van der Waals surface area (Å²) in [5, 5.41) is 11.7. The van der Waals surface area contributed by atoms with E-state index in [1.807, 2.05) is 24.3 Å². The molecule has 4 fully saturated rings. The van der Waals surface area contributed by atoms with Crippen LogP contribution < -0.4 is 10.6 Å². The van der Waals surface area contributed by atoms with Gasteiger partial charge in [-0.1, -0.05) is 16.9 Å². The molecule has 0 spiro atoms. The highest BCUT2D eigenvalue weighted by molar-refractivity contribution is 7.99. The van der Waals surface area contributed by atoms with E-state index in [2.05, 4.69) is 27.6 Å². The third-order valence-corrected chi connectivity index (χ3v) is 7.68. The van der Waals surface area contributed by atoms with Gasteiger partial charge in [0.1, 0.15) is 11.3 Å². The van der Waals surface area contributed by atoms with Crippen molar-refractivity contribution in [2.75, 3.05) is 32.8 Å². The smallest absolute Gasteiger partial charge is 0.251 e. The summed E-state index contributed by atoms with van der Waals surface area (Å²) >= 11 is 1.54. The molecule has 1 aromatic heterocycles. The van der Waals surface area contributed by atoms with Gasteiger partial charge in [0, 0.05) is 34.7 Å². The minimum Gasteiger partial charge on any atom is -0.378 e. The number of rotatable bonds is 5. The van der Waals surface area contributed by atoms with Crippen LogP contribution in [0, 0.1) is 5.92 Å². The maximum atomic E-state index is 12.8. The Morgan fingerprint density at radius 1 is 1.27 bits per heavy atom. The van der Waals surface area contributed by atoms with Crippen LogP contribution in [0.5, 0.6) is 0 Å². The third kappa shape index (κ3) is 4.01. The van der Waals surface area contributed by atoms with Crippen molar-refractivity contribution in [3.8, 4) is 0 Å². The Hall–Kier alpha value is -1.87. The van der Waals surface area contributed by atoms with Gasteiger partial charge < -0.3 is 19.9 Å². The molecule has 2 N–H and O–H groups in total. The Labute approximate surface area is 180 Å². The average Bonchev–Trinajstić information content (AvgIpc) is 3.25. The maximum Gasteiger partial charge on any atom is 0.251 e. The first-order valence-electron chi connectivity index (χ1n) is 10.8. The van der Waals surface area contributed by atoms with Crippen molar-refractivity contribution < 1.29 is 14.1 Å². The van der Waals surface area contributed by atoms with Crippen LogP contribution in [0.1, 0.15) is 41.7 Å². The predicted octanol–water partition coefficient (Wildman–Crippen LogP) is 2.70. The number of amides is 1. The van der Waals surface area contributed by atoms with Crippen LogP contribution in [0.3, 0.4) is 0 Å². The lowest BCUT2D eigenvalue weighted by atomic mass is 9.79. The first-order chi connectivity index (χ1) is 14.7. The Bertz CT molecular complexity index is 871. The zero-order valence-electron chi connectivity index (χ0n) is 17.2. The highest BCUT2D eigenvalue weighted by Gasteiger charge is 2.40. The molecule has 2 aromatic rings. The summed E-state index contributed by atoms with van der Waals surface area (Å²) in [6.07, 6.45) is 4.06. The Morgan fingerprint density at radius 2 is 2.07 bits per heavy atom. The summed E-state index contributed by atoms with van der Waals surface area (Å²) in [7, 11) is 0. The second-order valence-electron chi connectivity index (χ2n) is 8.40. The number of morpholine rings is 1. The molecule has 1 amide bonds. The predicted molar refractivity (Wildman–Crippen MR) is 114 cm³/mol. The molecule has 8 heteroatoms. The Kier molecular flexibility index (Phi) is 5.82. The molecule has 0 saturated carbocycles. The van der Waals surface area contributed by atoms with Crippen molar-refractivity contribution in [2.45, 2.75) is 47.8 Å². The van der Waals surface area contributed by atoms with Crippen molar-refractivity contribution in [3.05, 3.63) is 41.7 Å². The summed E-state index contributed by atoms with van der Waals surface area (Å²) in [6, 6.07) is 8.50. The van der Waals surface area contributed by atoms with Gasteiger partial charge in [-0.15, -0.1) is 0 Å². The zero-order valence-corrected chi connectivity index (χ0v) is 18.0. The fraction of sp³-hybridized carbons (Fsp3) is 0.545. The van der Waals surface area contributed by atoms with Gasteiger partial charge in [-0.25, -0.2) is 0 Å². The molecule has 7 nitrogen and oxygen atoms in total. The van der Waals surface area contributed by atoms with Crippen LogP contribution in [0.2, 0.25) is 0 Å². The largest absolute Gasteiger partial charge is 0.378 e. The lowest BCUT2D eigenvalue weighted by Gasteiger charge is -2.49. The molecule has 30 heavy (non-hydrogen) atoms. The van der Waals surface area contributed by atoms with Crippen molar-refractivity contribution in [1.82, 2.24) is 20.7 Å². The van der Waals surface area contributed by atoms with E-state index >= 15 is 0 Å². The first kappa shape index (κ1) is 20.1. The van der Waals surface area contributed by atoms with E-state index in [9.17, 15) is 4.79 Å². The van der Waals surface area contributed by atoms with Crippen molar-refractivity contribution in [2.24, 2.45) is 5.92 Å². The number of ether oxygens (including phenoxy) is 1. The monoisotopic (exact) mass is 428 g/mol. The number of carbonyl (C=O) groups is 1. The molecule has 4 aliphatic rings. The van der Waals surface area contributed by atoms with E-state index in [4.69, 9.17) is 9.26 Å². The van der Waals surface area contributed by atoms with Crippen molar-refractivity contribution >= 4 is 17.7 Å². The van der Waals surface area contributed by atoms with Gasteiger partial charge in [-0.2, -0.15) is 0 Å². The molecule has 2 bridgehead atoms. The average molecular weight is 429 g/mol. The second-order valence-corrected chi connectivity index (χ2v) is 9.46. The zero-order chi connectivity index (χ0) is 20.5. The molecule has 1 unspecified atom stereocenters. The lowest BCUT2D eigenvalue weighted by molar-refractivity contribution is 0.0217. The van der Waals surface area contributed by atoms with Gasteiger partial charge in [0.05, 0.1) is 19.3 Å². The number of piperidine rings is 3. The maximum absolute atomic E-state index is 12.8. The topological polar surface area (TPSA) is 79.6 Å². The molecule has 3 atom stereocenters. The standard InChI is InChI=1S/C22H28N4O3S/c1-14-20(15-6-9-26(14)10-7-15)24-21(27)16-2-4-17(5-3-16)30-22-18(12-29-25-22)19-13-28-11-8-23-19/h2-5,12,14-15,19-20,23H,6-11,13H2,1H3,(H,24,27)/t14-,19?,20-/m0/s1. The van der Waals surface area contributed by atoms with Crippen LogP contribution in [0.15, 0.2) is 45.0 Å². The molecule has 5 heterocycles. The number of nitrogens with one attached hydrogen (secondary N) is 2. The van der Waals surface area contributed by atoms with Crippen molar-refractivity contribution in [3.63, 3.8) is 0 Å². The highest BCUT2D eigenvalue weighted by atomic mass is 32.2. The molecule has 6 rings (SSSR count). The van der Waals surface area contributed by atoms with E-state index in [-0.39, 0.29) is 18.0 Å². The summed E-state index contributed by atoms with van der Waals surface area (Å²) in [4.78, 5) is 16.4. The third-order valence-electron chi connectivity index (χ3n) is 6.67. The van der Waals surface area contributed by atoms with Crippen LogP contribution in [-0.4, -0.2) is 60.9 Å². The number of fused-ring (bicyclic) bond motifs is 3. The Morgan fingerprint density at radius 3 is 2.77 bits per heavy atom. The quantitative estimate of drug-likeness (QED) is 0.758. The summed E-state index contributed by atoms with van der Waals surface area (Å²) in [6.45, 7) is 6.73.